The third kappa shape index (κ3) is 4.15. The number of nitrogens with zero attached hydrogens (tertiary/aromatic N) is 2. The summed E-state index contributed by atoms with van der Waals surface area (Å²) >= 11 is 0. The van der Waals surface area contributed by atoms with Crippen LogP contribution < -0.4 is 0 Å². The highest BCUT2D eigenvalue weighted by molar-refractivity contribution is 6.01. The zero-order valence-electron chi connectivity index (χ0n) is 12.8. The Hall–Kier alpha value is -2.70. The van der Waals surface area contributed by atoms with Crippen LogP contribution in [0.2, 0.25) is 0 Å². The SMILES string of the molecule is CN(CCC(=O)O)C(=O)c1ccc(CN2C(=O)CCC2=O)cc1. The van der Waals surface area contributed by atoms with E-state index in [0.717, 1.165) is 5.56 Å². The average Bonchev–Trinajstić information content (AvgIpc) is 2.84. The van der Waals surface area contributed by atoms with E-state index >= 15 is 0 Å². The number of imide groups is 1. The number of hydrogen-bond donors (Lipinski definition) is 1. The number of carboxylic acid groups (broad SMARTS) is 1. The van der Waals surface area contributed by atoms with Gasteiger partial charge in [-0.3, -0.25) is 24.1 Å². The molecule has 0 spiro atoms. The van der Waals surface area contributed by atoms with Crippen molar-refractivity contribution in [1.82, 2.24) is 9.80 Å². The molecule has 23 heavy (non-hydrogen) atoms. The summed E-state index contributed by atoms with van der Waals surface area (Å²) in [5.74, 6) is -1.59. The minimum Gasteiger partial charge on any atom is -0.481 e. The van der Waals surface area contributed by atoms with Crippen molar-refractivity contribution in [2.24, 2.45) is 0 Å². The van der Waals surface area contributed by atoms with Crippen LogP contribution in [0.1, 0.15) is 35.2 Å². The van der Waals surface area contributed by atoms with Gasteiger partial charge in [0.05, 0.1) is 13.0 Å². The van der Waals surface area contributed by atoms with Crippen molar-refractivity contribution in [2.75, 3.05) is 13.6 Å². The number of hydrogen-bond acceptors (Lipinski definition) is 4. The van der Waals surface area contributed by atoms with Crippen molar-refractivity contribution < 1.29 is 24.3 Å². The summed E-state index contributed by atoms with van der Waals surface area (Å²) in [5, 5.41) is 8.63. The molecule has 1 aliphatic heterocycles. The van der Waals surface area contributed by atoms with Gasteiger partial charge in [0, 0.05) is 32.0 Å². The van der Waals surface area contributed by atoms with Crippen molar-refractivity contribution in [1.29, 1.82) is 0 Å². The summed E-state index contributed by atoms with van der Waals surface area (Å²) in [6.45, 7) is 0.341. The number of aliphatic carboxylic acids is 1. The number of benzene rings is 1. The normalized spacial score (nSPS) is 14.2. The van der Waals surface area contributed by atoms with Crippen LogP contribution in [0.4, 0.5) is 0 Å². The van der Waals surface area contributed by atoms with E-state index in [9.17, 15) is 19.2 Å². The van der Waals surface area contributed by atoms with E-state index in [2.05, 4.69) is 0 Å². The number of rotatable bonds is 6. The first-order valence-electron chi connectivity index (χ1n) is 7.28. The Bertz CT molecular complexity index is 622. The number of carboxylic acids is 1. The minimum absolute atomic E-state index is 0.112. The summed E-state index contributed by atoms with van der Waals surface area (Å²) in [7, 11) is 1.54. The Balaban J connectivity index is 1.98. The Kier molecular flexibility index (Phi) is 5.10. The van der Waals surface area contributed by atoms with Gasteiger partial charge < -0.3 is 10.0 Å². The van der Waals surface area contributed by atoms with Crippen molar-refractivity contribution >= 4 is 23.7 Å². The van der Waals surface area contributed by atoms with E-state index in [0.29, 0.717) is 5.56 Å². The molecule has 2 rings (SSSR count). The zero-order valence-corrected chi connectivity index (χ0v) is 12.8. The highest BCUT2D eigenvalue weighted by atomic mass is 16.4. The molecule has 7 nitrogen and oxygen atoms in total. The molecule has 1 aliphatic rings. The highest BCUT2D eigenvalue weighted by Gasteiger charge is 2.28. The first kappa shape index (κ1) is 16.7. The predicted molar refractivity (Wildman–Crippen MR) is 80.4 cm³/mol. The van der Waals surface area contributed by atoms with Gasteiger partial charge in [-0.05, 0) is 17.7 Å². The molecule has 1 saturated heterocycles. The van der Waals surface area contributed by atoms with Gasteiger partial charge in [-0.15, -0.1) is 0 Å². The van der Waals surface area contributed by atoms with Crippen LogP contribution in [0.5, 0.6) is 0 Å². The van der Waals surface area contributed by atoms with E-state index in [4.69, 9.17) is 5.11 Å². The number of amides is 3. The lowest BCUT2D eigenvalue weighted by molar-refractivity contribution is -0.139. The summed E-state index contributed by atoms with van der Waals surface area (Å²) in [4.78, 5) is 48.4. The molecule has 0 radical (unpaired) electrons. The Morgan fingerprint density at radius 3 is 2.22 bits per heavy atom. The molecule has 3 amide bonds. The van der Waals surface area contributed by atoms with Crippen molar-refractivity contribution in [3.63, 3.8) is 0 Å². The number of carbonyl (C=O) groups is 4. The summed E-state index contributed by atoms with van der Waals surface area (Å²) in [6.07, 6.45) is 0.396. The Morgan fingerprint density at radius 2 is 1.70 bits per heavy atom. The molecule has 122 valence electrons. The van der Waals surface area contributed by atoms with Crippen LogP contribution in [-0.4, -0.2) is 52.2 Å². The number of likely N-dealkylation sites (tertiary alicyclic amines) is 1. The van der Waals surface area contributed by atoms with E-state index in [1.165, 1.54) is 9.80 Å². The van der Waals surface area contributed by atoms with Gasteiger partial charge >= 0.3 is 5.97 Å². The maximum absolute atomic E-state index is 12.1. The molecule has 1 aromatic rings. The average molecular weight is 318 g/mol. The predicted octanol–water partition coefficient (Wildman–Crippen LogP) is 0.882. The second-order valence-corrected chi connectivity index (χ2v) is 5.44. The molecular formula is C16H18N2O5. The lowest BCUT2D eigenvalue weighted by Crippen LogP contribution is -2.29. The van der Waals surface area contributed by atoms with E-state index in [-0.39, 0.29) is 50.1 Å². The van der Waals surface area contributed by atoms with Gasteiger partial charge in [0.15, 0.2) is 0 Å². The minimum atomic E-state index is -0.958. The highest BCUT2D eigenvalue weighted by Crippen LogP contribution is 2.16. The summed E-state index contributed by atoms with van der Waals surface area (Å²) in [6, 6.07) is 6.61. The van der Waals surface area contributed by atoms with Crippen LogP contribution >= 0.6 is 0 Å². The van der Waals surface area contributed by atoms with E-state index in [1.807, 2.05) is 0 Å². The molecule has 1 aromatic carbocycles. The van der Waals surface area contributed by atoms with Crippen molar-refractivity contribution in [3.8, 4) is 0 Å². The molecule has 0 bridgehead atoms. The quantitative estimate of drug-likeness (QED) is 0.786. The molecule has 0 aliphatic carbocycles. The van der Waals surface area contributed by atoms with Crippen molar-refractivity contribution in [2.45, 2.75) is 25.8 Å². The van der Waals surface area contributed by atoms with Crippen LogP contribution in [0, 0.1) is 0 Å². The monoisotopic (exact) mass is 318 g/mol. The molecule has 0 atom stereocenters. The first-order valence-corrected chi connectivity index (χ1v) is 7.28. The molecular weight excluding hydrogens is 300 g/mol. The molecule has 1 heterocycles. The fourth-order valence-electron chi connectivity index (χ4n) is 2.32. The first-order chi connectivity index (χ1) is 10.9. The lowest BCUT2D eigenvalue weighted by Gasteiger charge is -2.17. The maximum atomic E-state index is 12.1. The largest absolute Gasteiger partial charge is 0.481 e. The van der Waals surface area contributed by atoms with E-state index < -0.39 is 5.97 Å². The Labute approximate surface area is 133 Å². The molecule has 0 saturated carbocycles. The maximum Gasteiger partial charge on any atom is 0.305 e. The molecule has 7 heteroatoms. The fourth-order valence-corrected chi connectivity index (χ4v) is 2.32. The van der Waals surface area contributed by atoms with E-state index in [1.54, 1.807) is 31.3 Å². The van der Waals surface area contributed by atoms with Crippen molar-refractivity contribution in [3.05, 3.63) is 35.4 Å². The standard InChI is InChI=1S/C16H18N2O5/c1-17(9-8-15(21)22)16(23)12-4-2-11(3-5-12)10-18-13(19)6-7-14(18)20/h2-5H,6-10H2,1H3,(H,21,22). The van der Waals surface area contributed by atoms with Gasteiger partial charge in [0.25, 0.3) is 5.91 Å². The second kappa shape index (κ2) is 7.04. The summed E-state index contributed by atoms with van der Waals surface area (Å²) in [5.41, 5.74) is 1.19. The molecule has 0 aromatic heterocycles. The van der Waals surface area contributed by atoms with Crippen LogP contribution in [0.25, 0.3) is 0 Å². The fraction of sp³-hybridized carbons (Fsp3) is 0.375. The lowest BCUT2D eigenvalue weighted by atomic mass is 10.1. The number of carbonyl (C=O) groups excluding carboxylic acids is 3. The van der Waals surface area contributed by atoms with Gasteiger partial charge in [0.2, 0.25) is 11.8 Å². The van der Waals surface area contributed by atoms with Crippen LogP contribution in [0.3, 0.4) is 0 Å². The van der Waals surface area contributed by atoms with Gasteiger partial charge in [-0.2, -0.15) is 0 Å². The zero-order chi connectivity index (χ0) is 17.0. The summed E-state index contributed by atoms with van der Waals surface area (Å²) < 4.78 is 0. The third-order valence-corrected chi connectivity index (χ3v) is 3.70. The van der Waals surface area contributed by atoms with Gasteiger partial charge in [-0.1, -0.05) is 12.1 Å². The molecule has 1 fully saturated rings. The van der Waals surface area contributed by atoms with Gasteiger partial charge in [0.1, 0.15) is 0 Å². The smallest absolute Gasteiger partial charge is 0.305 e. The topological polar surface area (TPSA) is 95.0 Å². The van der Waals surface area contributed by atoms with Crippen LogP contribution in [-0.2, 0) is 20.9 Å². The van der Waals surface area contributed by atoms with Crippen LogP contribution in [0.15, 0.2) is 24.3 Å². The van der Waals surface area contributed by atoms with Gasteiger partial charge in [-0.25, -0.2) is 0 Å². The molecule has 0 unspecified atom stereocenters. The second-order valence-electron chi connectivity index (χ2n) is 5.44. The Morgan fingerprint density at radius 1 is 1.13 bits per heavy atom. The molecule has 1 N–H and O–H groups in total. The third-order valence-electron chi connectivity index (χ3n) is 3.70.